The highest BCUT2D eigenvalue weighted by molar-refractivity contribution is 8.13. The van der Waals surface area contributed by atoms with Gasteiger partial charge in [0.1, 0.15) is 30.1 Å². The molecule has 3 N–H and O–H groups in total. The number of nitrogens with two attached hydrogens (primary N) is 1. The number of halogens is 2. The van der Waals surface area contributed by atoms with Gasteiger partial charge in [-0.3, -0.25) is 4.79 Å². The van der Waals surface area contributed by atoms with E-state index in [-0.39, 0.29) is 23.8 Å². The van der Waals surface area contributed by atoms with Crippen molar-refractivity contribution >= 4 is 28.5 Å². The van der Waals surface area contributed by atoms with Crippen LogP contribution in [0, 0.1) is 11.7 Å². The number of aliphatic imine (C=N–C) groups is 1. The van der Waals surface area contributed by atoms with Gasteiger partial charge < -0.3 is 15.8 Å². The fourth-order valence-corrected chi connectivity index (χ4v) is 4.64. The maximum Gasteiger partial charge on any atom is 0.274 e. The van der Waals surface area contributed by atoms with Gasteiger partial charge in [-0.1, -0.05) is 11.8 Å². The van der Waals surface area contributed by atoms with E-state index < -0.39 is 30.0 Å². The van der Waals surface area contributed by atoms with Crippen LogP contribution in [-0.4, -0.2) is 46.2 Å². The van der Waals surface area contributed by atoms with Crippen LogP contribution in [0.3, 0.4) is 0 Å². The minimum atomic E-state index is -1.12. The maximum atomic E-state index is 14.8. The Balaban J connectivity index is 1.70. The van der Waals surface area contributed by atoms with E-state index in [1.807, 2.05) is 0 Å². The number of thioether (sulfide) groups is 1. The number of nitrogens with one attached hydrogen (secondary N) is 1. The van der Waals surface area contributed by atoms with Crippen molar-refractivity contribution in [1.82, 2.24) is 9.97 Å². The van der Waals surface area contributed by atoms with Gasteiger partial charge in [-0.2, -0.15) is 0 Å². The minimum absolute atomic E-state index is 0.0216. The Morgan fingerprint density at radius 3 is 3.04 bits per heavy atom. The number of hydrogen-bond acceptors (Lipinski definition) is 7. The van der Waals surface area contributed by atoms with Gasteiger partial charge >= 0.3 is 0 Å². The van der Waals surface area contributed by atoms with E-state index in [0.717, 1.165) is 0 Å². The predicted octanol–water partition coefficient (Wildman–Crippen LogP) is 2.11. The second kappa shape index (κ2) is 7.44. The molecule has 2 aromatic rings. The highest BCUT2D eigenvalue weighted by Crippen LogP contribution is 2.48. The normalized spacial score (nSPS) is 26.4. The summed E-state index contributed by atoms with van der Waals surface area (Å²) < 4.78 is 33.8. The largest absolute Gasteiger partial charge is 0.379 e. The molecule has 0 unspecified atom stereocenters. The number of benzene rings is 1. The van der Waals surface area contributed by atoms with Crippen LogP contribution in [0.1, 0.15) is 16.1 Å². The summed E-state index contributed by atoms with van der Waals surface area (Å²) >= 11 is 1.30. The van der Waals surface area contributed by atoms with Crippen LogP contribution in [-0.2, 0) is 10.3 Å². The number of ether oxygens (including phenoxy) is 1. The zero-order valence-electron chi connectivity index (χ0n) is 14.6. The molecule has 0 saturated carbocycles. The summed E-state index contributed by atoms with van der Waals surface area (Å²) in [6, 6.07) is 5.65. The number of amidine groups is 1. The van der Waals surface area contributed by atoms with E-state index in [0.29, 0.717) is 16.6 Å². The van der Waals surface area contributed by atoms with Crippen LogP contribution in [0.5, 0.6) is 0 Å². The molecule has 1 fully saturated rings. The number of carbonyl (C=O) groups is 1. The number of hydrogen-bond donors (Lipinski definition) is 2. The topological polar surface area (TPSA) is 102 Å². The van der Waals surface area contributed by atoms with Crippen molar-refractivity contribution in [3.8, 4) is 0 Å². The molecule has 0 spiro atoms. The van der Waals surface area contributed by atoms with Gasteiger partial charge in [-0.15, -0.1) is 0 Å². The lowest BCUT2D eigenvalue weighted by atomic mass is 9.79. The lowest BCUT2D eigenvalue weighted by Crippen LogP contribution is -2.42. The number of rotatable bonds is 4. The molecule has 28 heavy (non-hydrogen) atoms. The van der Waals surface area contributed by atoms with Crippen LogP contribution in [0.15, 0.2) is 41.8 Å². The smallest absolute Gasteiger partial charge is 0.274 e. The zero-order chi connectivity index (χ0) is 19.7. The second-order valence-electron chi connectivity index (χ2n) is 6.54. The van der Waals surface area contributed by atoms with E-state index >= 15 is 0 Å². The molecule has 1 saturated heterocycles. The summed E-state index contributed by atoms with van der Waals surface area (Å²) in [6.45, 7) is -0.665. The summed E-state index contributed by atoms with van der Waals surface area (Å²) in [6.07, 6.45) is 2.03. The molecule has 3 atom stereocenters. The Hall–Kier alpha value is -2.59. The summed E-state index contributed by atoms with van der Waals surface area (Å²) in [5.74, 6) is -0.866. The average molecular weight is 405 g/mol. The second-order valence-corrected chi connectivity index (χ2v) is 7.58. The molecule has 0 aliphatic carbocycles. The van der Waals surface area contributed by atoms with Crippen molar-refractivity contribution in [2.75, 3.05) is 24.4 Å². The van der Waals surface area contributed by atoms with Crippen LogP contribution in [0.2, 0.25) is 0 Å². The van der Waals surface area contributed by atoms with Crippen LogP contribution in [0.4, 0.5) is 14.5 Å². The Morgan fingerprint density at radius 2 is 2.29 bits per heavy atom. The highest BCUT2D eigenvalue weighted by Gasteiger charge is 2.54. The molecule has 0 bridgehead atoms. The van der Waals surface area contributed by atoms with Gasteiger partial charge in [0.25, 0.3) is 5.91 Å². The van der Waals surface area contributed by atoms with E-state index in [2.05, 4.69) is 20.3 Å². The minimum Gasteiger partial charge on any atom is -0.379 e. The number of alkyl halides is 1. The van der Waals surface area contributed by atoms with Gasteiger partial charge in [0.05, 0.1) is 12.7 Å². The van der Waals surface area contributed by atoms with Crippen molar-refractivity contribution in [2.45, 2.75) is 11.6 Å². The van der Waals surface area contributed by atoms with Crippen LogP contribution >= 0.6 is 11.8 Å². The zero-order valence-corrected chi connectivity index (χ0v) is 15.5. The quantitative estimate of drug-likeness (QED) is 0.808. The van der Waals surface area contributed by atoms with Crippen molar-refractivity contribution in [3.63, 3.8) is 0 Å². The first-order valence-corrected chi connectivity index (χ1v) is 9.55. The van der Waals surface area contributed by atoms with Crippen molar-refractivity contribution in [1.29, 1.82) is 0 Å². The summed E-state index contributed by atoms with van der Waals surface area (Å²) in [5, 5.41) is 2.98. The Kier molecular flexibility index (Phi) is 4.98. The van der Waals surface area contributed by atoms with Gasteiger partial charge in [-0.05, 0) is 24.3 Å². The molecule has 1 aromatic heterocycles. The van der Waals surface area contributed by atoms with E-state index in [1.54, 1.807) is 0 Å². The van der Waals surface area contributed by atoms with E-state index in [4.69, 9.17) is 10.5 Å². The van der Waals surface area contributed by atoms with E-state index in [1.165, 1.54) is 48.6 Å². The summed E-state index contributed by atoms with van der Waals surface area (Å²) in [7, 11) is 0. The number of amides is 1. The Labute approximate surface area is 163 Å². The number of carbonyl (C=O) groups excluding carboxylic acids is 1. The van der Waals surface area contributed by atoms with Crippen LogP contribution in [0.25, 0.3) is 0 Å². The molecular formula is C18H17F2N5O2S. The number of fused-ring (bicyclic) bond motifs is 1. The first-order valence-electron chi connectivity index (χ1n) is 8.56. The highest BCUT2D eigenvalue weighted by atomic mass is 32.2. The first kappa shape index (κ1) is 18.8. The molecule has 7 nitrogen and oxygen atoms in total. The molecule has 10 heteroatoms. The SMILES string of the molecule is NC1=N[C@@]2(c3cc(NC(=O)c4ccncn4)ccc3F)CO[C@H](CF)[C@H]2CS1. The van der Waals surface area contributed by atoms with Crippen molar-refractivity contribution in [2.24, 2.45) is 16.6 Å². The third-order valence-corrected chi connectivity index (χ3v) is 5.87. The summed E-state index contributed by atoms with van der Waals surface area (Å²) in [5.41, 5.74) is 5.54. The molecule has 2 aliphatic heterocycles. The molecule has 3 heterocycles. The molecule has 1 amide bonds. The number of nitrogens with zero attached hydrogens (tertiary/aromatic N) is 3. The van der Waals surface area contributed by atoms with Gasteiger partial charge in [0.2, 0.25) is 0 Å². The Bertz CT molecular complexity index is 929. The molecule has 2 aliphatic rings. The fourth-order valence-electron chi connectivity index (χ4n) is 3.57. The lowest BCUT2D eigenvalue weighted by molar-refractivity contribution is 0.0721. The van der Waals surface area contributed by atoms with Crippen LogP contribution < -0.4 is 11.1 Å². The summed E-state index contributed by atoms with van der Waals surface area (Å²) in [4.78, 5) is 24.5. The predicted molar refractivity (Wildman–Crippen MR) is 101 cm³/mol. The first-order chi connectivity index (χ1) is 13.5. The van der Waals surface area contributed by atoms with Crippen molar-refractivity contribution in [3.05, 3.63) is 53.9 Å². The molecule has 0 radical (unpaired) electrons. The standard InChI is InChI=1S/C18H17F2N5O2S/c19-6-15-12-7-28-17(21)25-18(12,8-27-15)11-5-10(1-2-13(11)20)24-16(26)14-3-4-22-9-23-14/h1-5,9,12,15H,6-8H2,(H2,21,25)(H,24,26)/t12-,15-,18-/m1/s1. The molecule has 1 aromatic carbocycles. The third-order valence-electron chi connectivity index (χ3n) is 4.96. The van der Waals surface area contributed by atoms with E-state index in [9.17, 15) is 13.6 Å². The lowest BCUT2D eigenvalue weighted by Gasteiger charge is -2.35. The molecular weight excluding hydrogens is 388 g/mol. The number of aromatic nitrogens is 2. The average Bonchev–Trinajstić information content (AvgIpc) is 3.08. The van der Waals surface area contributed by atoms with Crippen molar-refractivity contribution < 1.29 is 18.3 Å². The van der Waals surface area contributed by atoms with Gasteiger partial charge in [0, 0.05) is 29.1 Å². The fraction of sp³-hybridized carbons (Fsp3) is 0.333. The van der Waals surface area contributed by atoms with Gasteiger partial charge in [-0.25, -0.2) is 23.7 Å². The number of anilines is 1. The van der Waals surface area contributed by atoms with Gasteiger partial charge in [0.15, 0.2) is 5.17 Å². The molecule has 146 valence electrons. The third kappa shape index (κ3) is 3.22. The molecule has 4 rings (SSSR count). The maximum absolute atomic E-state index is 14.8. The Morgan fingerprint density at radius 1 is 1.43 bits per heavy atom. The monoisotopic (exact) mass is 405 g/mol.